The van der Waals surface area contributed by atoms with Gasteiger partial charge in [-0.1, -0.05) is 29.8 Å². The zero-order valence-electron chi connectivity index (χ0n) is 14.6. The summed E-state index contributed by atoms with van der Waals surface area (Å²) in [5.41, 5.74) is 4.33. The molecule has 1 saturated heterocycles. The highest BCUT2D eigenvalue weighted by Gasteiger charge is 2.17. The molecule has 1 fully saturated rings. The first kappa shape index (κ1) is 18.2. The molecule has 2 aromatic carbocycles. The quantitative estimate of drug-likeness (QED) is 0.783. The van der Waals surface area contributed by atoms with Gasteiger partial charge in [-0.3, -0.25) is 4.79 Å². The smallest absolute Gasteiger partial charge is 0.262 e. The molecule has 0 aliphatic carbocycles. The van der Waals surface area contributed by atoms with Gasteiger partial charge in [0, 0.05) is 5.69 Å². The maximum absolute atomic E-state index is 12.2. The Labute approximate surface area is 157 Å². The van der Waals surface area contributed by atoms with E-state index in [9.17, 15) is 4.79 Å². The molecule has 0 atom stereocenters. The van der Waals surface area contributed by atoms with Crippen molar-refractivity contribution < 1.29 is 9.53 Å². The summed E-state index contributed by atoms with van der Waals surface area (Å²) in [6.07, 6.45) is 1.28. The Morgan fingerprint density at radius 1 is 1.16 bits per heavy atom. The maximum Gasteiger partial charge on any atom is 0.262 e. The fourth-order valence-corrected chi connectivity index (χ4v) is 5.62. The summed E-state index contributed by atoms with van der Waals surface area (Å²) in [7, 11) is 0. The van der Waals surface area contributed by atoms with Crippen molar-refractivity contribution in [3.05, 3.63) is 59.2 Å². The Bertz CT molecular complexity index is 742. The van der Waals surface area contributed by atoms with E-state index in [4.69, 9.17) is 4.74 Å². The molecule has 1 N–H and O–H groups in total. The van der Waals surface area contributed by atoms with E-state index in [0.717, 1.165) is 17.0 Å². The number of carbonyl (C=O) groups excluding carboxylic acids is 1. The zero-order valence-corrected chi connectivity index (χ0v) is 16.2. The summed E-state index contributed by atoms with van der Waals surface area (Å²) >= 11 is 3.96. The fraction of sp³-hybridized carbons (Fsp3) is 0.350. The highest BCUT2D eigenvalue weighted by molar-refractivity contribution is 8.16. The van der Waals surface area contributed by atoms with Crippen LogP contribution in [0.5, 0.6) is 5.75 Å². The SMILES string of the molecule is Cc1ccc(OCC(=O)Nc2cccc(C3SCCCS3)c2)c(C)c1. The number of ether oxygens (including phenoxy) is 1. The van der Waals surface area contributed by atoms with Crippen LogP contribution in [-0.4, -0.2) is 24.0 Å². The van der Waals surface area contributed by atoms with Crippen LogP contribution in [0.3, 0.4) is 0 Å². The van der Waals surface area contributed by atoms with Crippen LogP contribution in [0.4, 0.5) is 5.69 Å². The number of thioether (sulfide) groups is 2. The van der Waals surface area contributed by atoms with E-state index in [2.05, 4.69) is 23.5 Å². The summed E-state index contributed by atoms with van der Waals surface area (Å²) in [5, 5.41) is 2.94. The van der Waals surface area contributed by atoms with Crippen LogP contribution in [0.2, 0.25) is 0 Å². The Morgan fingerprint density at radius 3 is 2.72 bits per heavy atom. The number of anilines is 1. The minimum Gasteiger partial charge on any atom is -0.483 e. The molecule has 25 heavy (non-hydrogen) atoms. The molecule has 1 aliphatic heterocycles. The third-order valence-corrected chi connectivity index (χ3v) is 6.97. The summed E-state index contributed by atoms with van der Waals surface area (Å²) in [6, 6.07) is 14.1. The zero-order chi connectivity index (χ0) is 17.6. The van der Waals surface area contributed by atoms with Crippen molar-refractivity contribution in [1.82, 2.24) is 0 Å². The van der Waals surface area contributed by atoms with Gasteiger partial charge in [-0.2, -0.15) is 0 Å². The van der Waals surface area contributed by atoms with Crippen molar-refractivity contribution in [2.45, 2.75) is 24.9 Å². The minimum atomic E-state index is -0.138. The van der Waals surface area contributed by atoms with Crippen LogP contribution in [0.25, 0.3) is 0 Å². The second kappa shape index (κ2) is 8.68. The molecule has 5 heteroatoms. The largest absolute Gasteiger partial charge is 0.483 e. The highest BCUT2D eigenvalue weighted by atomic mass is 32.2. The van der Waals surface area contributed by atoms with Gasteiger partial charge in [-0.15, -0.1) is 23.5 Å². The highest BCUT2D eigenvalue weighted by Crippen LogP contribution is 2.44. The summed E-state index contributed by atoms with van der Waals surface area (Å²) < 4.78 is 6.12. The lowest BCUT2D eigenvalue weighted by Crippen LogP contribution is -2.20. The first-order chi connectivity index (χ1) is 12.1. The molecule has 0 aromatic heterocycles. The van der Waals surface area contributed by atoms with Gasteiger partial charge in [-0.05, 0) is 61.1 Å². The molecule has 0 saturated carbocycles. The average molecular weight is 374 g/mol. The van der Waals surface area contributed by atoms with Crippen LogP contribution in [0.1, 0.15) is 27.7 Å². The number of rotatable bonds is 5. The van der Waals surface area contributed by atoms with Gasteiger partial charge < -0.3 is 10.1 Å². The van der Waals surface area contributed by atoms with Gasteiger partial charge >= 0.3 is 0 Å². The van der Waals surface area contributed by atoms with Gasteiger partial charge in [0.05, 0.1) is 4.58 Å². The predicted molar refractivity (Wildman–Crippen MR) is 109 cm³/mol. The van der Waals surface area contributed by atoms with Crippen LogP contribution in [-0.2, 0) is 4.79 Å². The normalized spacial score (nSPS) is 15.0. The fourth-order valence-electron chi connectivity index (χ4n) is 2.74. The van der Waals surface area contributed by atoms with E-state index >= 15 is 0 Å². The average Bonchev–Trinajstić information content (AvgIpc) is 2.62. The van der Waals surface area contributed by atoms with Gasteiger partial charge in [0.1, 0.15) is 5.75 Å². The van der Waals surface area contributed by atoms with Crippen LogP contribution >= 0.6 is 23.5 Å². The van der Waals surface area contributed by atoms with Gasteiger partial charge in [-0.25, -0.2) is 0 Å². The molecule has 1 aliphatic rings. The van der Waals surface area contributed by atoms with Crippen LogP contribution < -0.4 is 10.1 Å². The second-order valence-corrected chi connectivity index (χ2v) is 8.88. The first-order valence-corrected chi connectivity index (χ1v) is 10.5. The minimum absolute atomic E-state index is 0.0149. The Balaban J connectivity index is 1.57. The van der Waals surface area contributed by atoms with E-state index in [1.54, 1.807) is 0 Å². The molecule has 0 unspecified atom stereocenters. The van der Waals surface area contributed by atoms with Crippen LogP contribution in [0.15, 0.2) is 42.5 Å². The van der Waals surface area contributed by atoms with Crippen molar-refractivity contribution in [2.24, 2.45) is 0 Å². The number of benzene rings is 2. The summed E-state index contributed by atoms with van der Waals surface area (Å²) in [6.45, 7) is 4.05. The van der Waals surface area contributed by atoms with Crippen molar-refractivity contribution >= 4 is 35.1 Å². The number of hydrogen-bond acceptors (Lipinski definition) is 4. The monoisotopic (exact) mass is 373 g/mol. The molecular weight excluding hydrogens is 350 g/mol. The molecular formula is C20H23NO2S2. The summed E-state index contributed by atoms with van der Waals surface area (Å²) in [4.78, 5) is 12.2. The van der Waals surface area contributed by atoms with E-state index in [-0.39, 0.29) is 12.5 Å². The third kappa shape index (κ3) is 5.19. The Kier molecular flexibility index (Phi) is 6.32. The second-order valence-electron chi connectivity index (χ2n) is 6.16. The van der Waals surface area contributed by atoms with Gasteiger partial charge in [0.2, 0.25) is 0 Å². The van der Waals surface area contributed by atoms with Gasteiger partial charge in [0.25, 0.3) is 5.91 Å². The standard InChI is InChI=1S/C20H23NO2S2/c1-14-7-8-18(15(2)11-14)23-13-19(22)21-17-6-3-5-16(12-17)20-24-9-4-10-25-20/h3,5-8,11-12,20H,4,9-10,13H2,1-2H3,(H,21,22). The molecule has 1 amide bonds. The lowest BCUT2D eigenvalue weighted by atomic mass is 10.1. The van der Waals surface area contributed by atoms with E-state index in [0.29, 0.717) is 4.58 Å². The number of carbonyl (C=O) groups is 1. The topological polar surface area (TPSA) is 38.3 Å². The van der Waals surface area contributed by atoms with Crippen molar-refractivity contribution in [1.29, 1.82) is 0 Å². The molecule has 132 valence electrons. The molecule has 3 nitrogen and oxygen atoms in total. The Morgan fingerprint density at radius 2 is 1.96 bits per heavy atom. The van der Waals surface area contributed by atoms with E-state index < -0.39 is 0 Å². The van der Waals surface area contributed by atoms with Crippen molar-refractivity contribution in [3.63, 3.8) is 0 Å². The Hall–Kier alpha value is -1.59. The molecule has 2 aromatic rings. The van der Waals surface area contributed by atoms with E-state index in [1.807, 2.05) is 61.6 Å². The van der Waals surface area contributed by atoms with Gasteiger partial charge in [0.15, 0.2) is 6.61 Å². The number of nitrogens with one attached hydrogen (secondary N) is 1. The number of amides is 1. The summed E-state index contributed by atoms with van der Waals surface area (Å²) in [5.74, 6) is 3.03. The predicted octanol–water partition coefficient (Wildman–Crippen LogP) is 5.19. The van der Waals surface area contributed by atoms with Crippen molar-refractivity contribution in [3.8, 4) is 5.75 Å². The molecule has 0 radical (unpaired) electrons. The molecule has 1 heterocycles. The van der Waals surface area contributed by atoms with E-state index in [1.165, 1.54) is 29.1 Å². The number of hydrogen-bond donors (Lipinski definition) is 1. The lowest BCUT2D eigenvalue weighted by Gasteiger charge is -2.21. The maximum atomic E-state index is 12.2. The number of aryl methyl sites for hydroxylation is 2. The lowest BCUT2D eigenvalue weighted by molar-refractivity contribution is -0.118. The molecule has 3 rings (SSSR count). The molecule has 0 spiro atoms. The first-order valence-electron chi connectivity index (χ1n) is 8.45. The van der Waals surface area contributed by atoms with Crippen LogP contribution in [0, 0.1) is 13.8 Å². The molecule has 0 bridgehead atoms. The third-order valence-electron chi connectivity index (χ3n) is 3.96. The van der Waals surface area contributed by atoms with Crippen molar-refractivity contribution in [2.75, 3.05) is 23.4 Å².